The van der Waals surface area contributed by atoms with E-state index >= 15 is 0 Å². The number of hydrogen-bond donors (Lipinski definition) is 1. The maximum absolute atomic E-state index is 5.35. The highest BCUT2D eigenvalue weighted by Gasteiger charge is 2.25. The molecule has 0 aliphatic heterocycles. The lowest BCUT2D eigenvalue weighted by atomic mass is 9.82. The van der Waals surface area contributed by atoms with Crippen molar-refractivity contribution in [1.82, 2.24) is 5.32 Å². The normalized spacial score (nSPS) is 23.5. The van der Waals surface area contributed by atoms with Gasteiger partial charge >= 0.3 is 0 Å². The Morgan fingerprint density at radius 3 is 2.36 bits per heavy atom. The molecule has 0 saturated heterocycles. The highest BCUT2D eigenvalue weighted by Crippen LogP contribution is 2.33. The number of terminal acetylenes is 1. The van der Waals surface area contributed by atoms with Crippen molar-refractivity contribution in [2.45, 2.75) is 58.4 Å². The minimum Gasteiger partial charge on any atom is -0.303 e. The Labute approximate surface area is 88.7 Å². The van der Waals surface area contributed by atoms with Crippen molar-refractivity contribution >= 4 is 0 Å². The van der Waals surface area contributed by atoms with Gasteiger partial charge in [-0.05, 0) is 25.2 Å². The summed E-state index contributed by atoms with van der Waals surface area (Å²) in [5.41, 5.74) is 0.488. The third-order valence-corrected chi connectivity index (χ3v) is 3.40. The minimum atomic E-state index is 0.218. The van der Waals surface area contributed by atoms with Gasteiger partial charge in [0, 0.05) is 6.54 Å². The smallest absolute Gasteiger partial charge is 0.0658 e. The summed E-state index contributed by atoms with van der Waals surface area (Å²) in [5.74, 6) is 2.73. The topological polar surface area (TPSA) is 12.0 Å². The van der Waals surface area contributed by atoms with E-state index in [0.717, 1.165) is 6.54 Å². The van der Waals surface area contributed by atoms with Gasteiger partial charge in [-0.3, -0.25) is 0 Å². The van der Waals surface area contributed by atoms with Crippen LogP contribution in [0.2, 0.25) is 0 Å². The second-order valence-corrected chi connectivity index (χ2v) is 4.99. The van der Waals surface area contributed by atoms with E-state index in [2.05, 4.69) is 25.1 Å². The zero-order valence-electron chi connectivity index (χ0n) is 9.60. The molecular formula is C13H23N. The Morgan fingerprint density at radius 1 is 1.29 bits per heavy atom. The van der Waals surface area contributed by atoms with E-state index in [0.29, 0.717) is 5.41 Å². The van der Waals surface area contributed by atoms with E-state index < -0.39 is 0 Å². The maximum atomic E-state index is 5.35. The van der Waals surface area contributed by atoms with E-state index in [1.165, 1.54) is 38.5 Å². The van der Waals surface area contributed by atoms with Gasteiger partial charge in [-0.2, -0.15) is 0 Å². The fourth-order valence-electron chi connectivity index (χ4n) is 2.22. The van der Waals surface area contributed by atoms with Crippen LogP contribution in [0.5, 0.6) is 0 Å². The first-order valence-corrected chi connectivity index (χ1v) is 5.86. The van der Waals surface area contributed by atoms with Crippen molar-refractivity contribution < 1.29 is 0 Å². The van der Waals surface area contributed by atoms with Gasteiger partial charge in [0.15, 0.2) is 0 Å². The van der Waals surface area contributed by atoms with E-state index in [9.17, 15) is 0 Å². The molecular weight excluding hydrogens is 170 g/mol. The van der Waals surface area contributed by atoms with Crippen LogP contribution >= 0.6 is 0 Å². The predicted molar refractivity (Wildman–Crippen MR) is 62.1 cm³/mol. The van der Waals surface area contributed by atoms with Crippen LogP contribution in [0.25, 0.3) is 0 Å². The zero-order chi connectivity index (χ0) is 10.4. The molecule has 1 rings (SSSR count). The Kier molecular flexibility index (Phi) is 4.48. The summed E-state index contributed by atoms with van der Waals surface area (Å²) in [4.78, 5) is 0. The highest BCUT2D eigenvalue weighted by molar-refractivity contribution is 4.96. The average molecular weight is 193 g/mol. The first-order chi connectivity index (χ1) is 6.66. The Hall–Kier alpha value is -0.480. The van der Waals surface area contributed by atoms with Crippen molar-refractivity contribution in [3.8, 4) is 12.3 Å². The summed E-state index contributed by atoms with van der Waals surface area (Å²) in [6.07, 6.45) is 13.7. The molecule has 0 heterocycles. The van der Waals surface area contributed by atoms with Gasteiger partial charge in [0.25, 0.3) is 0 Å². The lowest BCUT2D eigenvalue weighted by Crippen LogP contribution is -2.36. The second kappa shape index (κ2) is 5.41. The molecule has 1 N–H and O–H groups in total. The molecule has 1 fully saturated rings. The van der Waals surface area contributed by atoms with Gasteiger partial charge in [-0.15, -0.1) is 6.42 Å². The van der Waals surface area contributed by atoms with E-state index in [1.807, 2.05) is 0 Å². The third-order valence-electron chi connectivity index (χ3n) is 3.40. The molecule has 1 nitrogen and oxygen atoms in total. The summed E-state index contributed by atoms with van der Waals surface area (Å²) in [5, 5.41) is 3.43. The van der Waals surface area contributed by atoms with Crippen molar-refractivity contribution in [2.24, 2.45) is 5.41 Å². The summed E-state index contributed by atoms with van der Waals surface area (Å²) in [6, 6.07) is 0.218. The molecule has 0 amide bonds. The van der Waals surface area contributed by atoms with Crippen LogP contribution in [0.15, 0.2) is 0 Å². The van der Waals surface area contributed by atoms with Crippen molar-refractivity contribution in [2.75, 3.05) is 6.54 Å². The maximum Gasteiger partial charge on any atom is 0.0658 e. The van der Waals surface area contributed by atoms with E-state index in [4.69, 9.17) is 6.42 Å². The Bertz CT molecular complexity index is 194. The monoisotopic (exact) mass is 193 g/mol. The van der Waals surface area contributed by atoms with Crippen LogP contribution in [0, 0.1) is 17.8 Å². The van der Waals surface area contributed by atoms with E-state index in [1.54, 1.807) is 0 Å². The number of nitrogens with one attached hydrogen (secondary N) is 1. The van der Waals surface area contributed by atoms with Crippen molar-refractivity contribution in [1.29, 1.82) is 0 Å². The van der Waals surface area contributed by atoms with Gasteiger partial charge < -0.3 is 5.32 Å². The molecule has 80 valence electrons. The average Bonchev–Trinajstić information content (AvgIpc) is 2.40. The molecule has 0 aromatic heterocycles. The predicted octanol–water partition coefficient (Wildman–Crippen LogP) is 2.96. The van der Waals surface area contributed by atoms with Gasteiger partial charge in [-0.25, -0.2) is 0 Å². The molecule has 0 radical (unpaired) electrons. The molecule has 0 aromatic rings. The summed E-state index contributed by atoms with van der Waals surface area (Å²) < 4.78 is 0. The number of hydrogen-bond acceptors (Lipinski definition) is 1. The van der Waals surface area contributed by atoms with Crippen molar-refractivity contribution in [3.05, 3.63) is 0 Å². The SMILES string of the molecule is C#CC(C)NCC1(C)CCCCCC1. The molecule has 1 atom stereocenters. The first-order valence-electron chi connectivity index (χ1n) is 5.86. The fraction of sp³-hybridized carbons (Fsp3) is 0.846. The van der Waals surface area contributed by atoms with Gasteiger partial charge in [0.2, 0.25) is 0 Å². The van der Waals surface area contributed by atoms with Crippen LogP contribution in [-0.4, -0.2) is 12.6 Å². The summed E-state index contributed by atoms with van der Waals surface area (Å²) in [6.45, 7) is 5.53. The lowest BCUT2D eigenvalue weighted by molar-refractivity contribution is 0.260. The molecule has 14 heavy (non-hydrogen) atoms. The van der Waals surface area contributed by atoms with E-state index in [-0.39, 0.29) is 6.04 Å². The molecule has 1 aliphatic rings. The standard InChI is InChI=1S/C13H23N/c1-4-12(2)14-11-13(3)9-7-5-6-8-10-13/h1,12,14H,5-11H2,2-3H3. The van der Waals surface area contributed by atoms with Gasteiger partial charge in [0.05, 0.1) is 6.04 Å². The Balaban J connectivity index is 2.36. The summed E-state index contributed by atoms with van der Waals surface area (Å²) >= 11 is 0. The van der Waals surface area contributed by atoms with Gasteiger partial charge in [-0.1, -0.05) is 38.5 Å². The third kappa shape index (κ3) is 3.72. The minimum absolute atomic E-state index is 0.218. The number of rotatable bonds is 3. The van der Waals surface area contributed by atoms with Gasteiger partial charge in [0.1, 0.15) is 0 Å². The highest BCUT2D eigenvalue weighted by atomic mass is 14.9. The van der Waals surface area contributed by atoms with Crippen LogP contribution in [-0.2, 0) is 0 Å². The van der Waals surface area contributed by atoms with Crippen molar-refractivity contribution in [3.63, 3.8) is 0 Å². The molecule has 1 saturated carbocycles. The second-order valence-electron chi connectivity index (χ2n) is 4.99. The molecule has 0 aromatic carbocycles. The quantitative estimate of drug-likeness (QED) is 0.537. The van der Waals surface area contributed by atoms with Crippen LogP contribution in [0.4, 0.5) is 0 Å². The lowest BCUT2D eigenvalue weighted by Gasteiger charge is -2.29. The zero-order valence-corrected chi connectivity index (χ0v) is 9.60. The van der Waals surface area contributed by atoms with Crippen LogP contribution < -0.4 is 5.32 Å². The van der Waals surface area contributed by atoms with Crippen LogP contribution in [0.1, 0.15) is 52.4 Å². The first kappa shape index (κ1) is 11.6. The molecule has 1 aliphatic carbocycles. The Morgan fingerprint density at radius 2 is 1.86 bits per heavy atom. The van der Waals surface area contributed by atoms with Crippen LogP contribution in [0.3, 0.4) is 0 Å². The summed E-state index contributed by atoms with van der Waals surface area (Å²) in [7, 11) is 0. The molecule has 0 bridgehead atoms. The largest absolute Gasteiger partial charge is 0.303 e. The molecule has 1 unspecified atom stereocenters. The molecule has 0 spiro atoms. The fourth-order valence-corrected chi connectivity index (χ4v) is 2.22. The molecule has 1 heteroatoms.